The minimum absolute atomic E-state index is 0.00312. The second kappa shape index (κ2) is 11.0. The van der Waals surface area contributed by atoms with E-state index in [0.717, 1.165) is 55.6 Å². The number of nitrogens with zero attached hydrogens (tertiary/aromatic N) is 1. The number of hydrogen-bond donors (Lipinski definition) is 2. The monoisotopic (exact) mass is 461 g/mol. The van der Waals surface area contributed by atoms with Crippen molar-refractivity contribution in [2.45, 2.75) is 38.1 Å². The maximum atomic E-state index is 13.0. The maximum absolute atomic E-state index is 13.0. The highest BCUT2D eigenvalue weighted by molar-refractivity contribution is 7.89. The molecule has 32 heavy (non-hydrogen) atoms. The molecule has 2 N–H and O–H groups in total. The maximum Gasteiger partial charge on any atom is 0.251 e. The molecule has 0 aliphatic carbocycles. The number of amides is 1. The van der Waals surface area contributed by atoms with Crippen molar-refractivity contribution in [1.29, 1.82) is 0 Å². The summed E-state index contributed by atoms with van der Waals surface area (Å²) in [6, 6.07) is 11.5. The molecular weight excluding hydrogens is 429 g/mol. The van der Waals surface area contributed by atoms with Gasteiger partial charge >= 0.3 is 0 Å². The SMILES string of the molecule is C[C@@H]1C[C@H](C)CN(CCCNC(=O)c2ccc(CNS(=O)(=O)c3ccc(F)cc3)cc2)C1. The molecule has 6 nitrogen and oxygen atoms in total. The molecule has 1 saturated heterocycles. The number of piperidine rings is 1. The Balaban J connectivity index is 1.42. The number of halogens is 1. The van der Waals surface area contributed by atoms with Crippen molar-refractivity contribution in [1.82, 2.24) is 14.9 Å². The number of carbonyl (C=O) groups excluding carboxylic acids is 1. The number of carbonyl (C=O) groups is 1. The smallest absolute Gasteiger partial charge is 0.251 e. The Morgan fingerprint density at radius 1 is 1.03 bits per heavy atom. The van der Waals surface area contributed by atoms with Gasteiger partial charge < -0.3 is 10.2 Å². The van der Waals surface area contributed by atoms with E-state index in [2.05, 4.69) is 28.8 Å². The van der Waals surface area contributed by atoms with Gasteiger partial charge in [-0.1, -0.05) is 26.0 Å². The van der Waals surface area contributed by atoms with Crippen LogP contribution in [0.3, 0.4) is 0 Å². The first kappa shape index (κ1) is 24.4. The zero-order chi connectivity index (χ0) is 23.1. The fraction of sp³-hybridized carbons (Fsp3) is 0.458. The highest BCUT2D eigenvalue weighted by atomic mass is 32.2. The minimum atomic E-state index is -3.73. The molecule has 0 unspecified atom stereocenters. The lowest BCUT2D eigenvalue weighted by atomic mass is 9.92. The largest absolute Gasteiger partial charge is 0.352 e. The van der Waals surface area contributed by atoms with Crippen LogP contribution in [0.2, 0.25) is 0 Å². The van der Waals surface area contributed by atoms with Gasteiger partial charge in [0.2, 0.25) is 10.0 Å². The first-order valence-electron chi connectivity index (χ1n) is 11.1. The molecule has 0 bridgehead atoms. The van der Waals surface area contributed by atoms with Crippen molar-refractivity contribution in [3.05, 3.63) is 65.5 Å². The molecule has 0 aromatic heterocycles. The van der Waals surface area contributed by atoms with Crippen LogP contribution in [-0.2, 0) is 16.6 Å². The molecule has 8 heteroatoms. The van der Waals surface area contributed by atoms with Crippen molar-refractivity contribution >= 4 is 15.9 Å². The van der Waals surface area contributed by atoms with Crippen LogP contribution in [0.1, 0.15) is 42.6 Å². The predicted molar refractivity (Wildman–Crippen MR) is 123 cm³/mol. The van der Waals surface area contributed by atoms with Crippen LogP contribution in [0.5, 0.6) is 0 Å². The summed E-state index contributed by atoms with van der Waals surface area (Å²) in [6.45, 7) is 8.53. The number of sulfonamides is 1. The van der Waals surface area contributed by atoms with Gasteiger partial charge in [0.1, 0.15) is 5.82 Å². The second-order valence-corrected chi connectivity index (χ2v) is 10.6. The number of hydrogen-bond acceptors (Lipinski definition) is 4. The third kappa shape index (κ3) is 7.12. The third-order valence-electron chi connectivity index (χ3n) is 5.69. The molecule has 0 saturated carbocycles. The van der Waals surface area contributed by atoms with Crippen LogP contribution >= 0.6 is 0 Å². The Kier molecular flexibility index (Phi) is 8.39. The Labute approximate surface area is 190 Å². The van der Waals surface area contributed by atoms with E-state index < -0.39 is 15.8 Å². The van der Waals surface area contributed by atoms with Crippen molar-refractivity contribution < 1.29 is 17.6 Å². The highest BCUT2D eigenvalue weighted by Gasteiger charge is 2.21. The zero-order valence-electron chi connectivity index (χ0n) is 18.7. The van der Waals surface area contributed by atoms with Crippen LogP contribution in [0, 0.1) is 17.7 Å². The highest BCUT2D eigenvalue weighted by Crippen LogP contribution is 2.20. The lowest BCUT2D eigenvalue weighted by molar-refractivity contribution is 0.0947. The van der Waals surface area contributed by atoms with Gasteiger partial charge in [0.25, 0.3) is 5.91 Å². The van der Waals surface area contributed by atoms with Gasteiger partial charge in [0.05, 0.1) is 4.90 Å². The first-order chi connectivity index (χ1) is 15.2. The van der Waals surface area contributed by atoms with Gasteiger partial charge in [-0.05, 0) is 73.2 Å². The summed E-state index contributed by atoms with van der Waals surface area (Å²) in [5, 5.41) is 2.95. The standard InChI is InChI=1S/C24H32FN3O3S/c1-18-14-19(2)17-28(16-18)13-3-12-26-24(29)21-6-4-20(5-7-21)15-27-32(30,31)23-10-8-22(25)9-11-23/h4-11,18-19,27H,3,12-17H2,1-2H3,(H,26,29)/t18-,19+. The fourth-order valence-corrected chi connectivity index (χ4v) is 5.25. The van der Waals surface area contributed by atoms with Crippen molar-refractivity contribution in [2.24, 2.45) is 11.8 Å². The van der Waals surface area contributed by atoms with E-state index in [1.165, 1.54) is 18.6 Å². The van der Waals surface area contributed by atoms with Crippen LogP contribution in [0.4, 0.5) is 4.39 Å². The normalized spacial score (nSPS) is 19.6. The van der Waals surface area contributed by atoms with Gasteiger partial charge in [-0.3, -0.25) is 4.79 Å². The second-order valence-electron chi connectivity index (χ2n) is 8.79. The van der Waals surface area contributed by atoms with Gasteiger partial charge in [-0.2, -0.15) is 0 Å². The summed E-state index contributed by atoms with van der Waals surface area (Å²) in [5.41, 5.74) is 1.26. The molecule has 2 aromatic rings. The van der Waals surface area contributed by atoms with Gasteiger partial charge in [0, 0.05) is 31.7 Å². The number of likely N-dealkylation sites (tertiary alicyclic amines) is 1. The molecule has 0 spiro atoms. The van der Waals surface area contributed by atoms with Crippen molar-refractivity contribution in [3.63, 3.8) is 0 Å². The Bertz CT molecular complexity index is 984. The molecule has 1 aliphatic heterocycles. The van der Waals surface area contributed by atoms with Gasteiger partial charge in [-0.15, -0.1) is 0 Å². The summed E-state index contributed by atoms with van der Waals surface area (Å²) in [6.07, 6.45) is 2.20. The van der Waals surface area contributed by atoms with Crippen molar-refractivity contribution in [3.8, 4) is 0 Å². The topological polar surface area (TPSA) is 78.5 Å². The lowest BCUT2D eigenvalue weighted by Crippen LogP contribution is -2.40. The van der Waals surface area contributed by atoms with Crippen LogP contribution in [-0.4, -0.2) is 45.4 Å². The molecule has 2 aromatic carbocycles. The van der Waals surface area contributed by atoms with Crippen molar-refractivity contribution in [2.75, 3.05) is 26.2 Å². The summed E-state index contributed by atoms with van der Waals surface area (Å²) in [7, 11) is -3.73. The summed E-state index contributed by atoms with van der Waals surface area (Å²) in [5.74, 6) is 0.830. The molecule has 2 atom stereocenters. The lowest BCUT2D eigenvalue weighted by Gasteiger charge is -2.34. The fourth-order valence-electron chi connectivity index (χ4n) is 4.23. The van der Waals surface area contributed by atoms with Crippen LogP contribution < -0.4 is 10.0 Å². The average Bonchev–Trinajstić information content (AvgIpc) is 2.75. The van der Waals surface area contributed by atoms with E-state index in [0.29, 0.717) is 12.1 Å². The Hall–Kier alpha value is -2.29. The van der Waals surface area contributed by atoms with E-state index >= 15 is 0 Å². The zero-order valence-corrected chi connectivity index (χ0v) is 19.5. The molecular formula is C24H32FN3O3S. The Morgan fingerprint density at radius 2 is 1.66 bits per heavy atom. The number of rotatable bonds is 9. The van der Waals surface area contributed by atoms with Crippen LogP contribution in [0.25, 0.3) is 0 Å². The molecule has 1 heterocycles. The van der Waals surface area contributed by atoms with Crippen LogP contribution in [0.15, 0.2) is 53.4 Å². The van der Waals surface area contributed by atoms with E-state index in [4.69, 9.17) is 0 Å². The molecule has 1 fully saturated rings. The molecule has 1 aliphatic rings. The third-order valence-corrected chi connectivity index (χ3v) is 7.10. The summed E-state index contributed by atoms with van der Waals surface area (Å²) >= 11 is 0. The first-order valence-corrected chi connectivity index (χ1v) is 12.6. The molecule has 174 valence electrons. The van der Waals surface area contributed by atoms with E-state index in [1.54, 1.807) is 24.3 Å². The summed E-state index contributed by atoms with van der Waals surface area (Å²) < 4.78 is 40.0. The predicted octanol–water partition coefficient (Wildman–Crippen LogP) is 3.40. The summed E-state index contributed by atoms with van der Waals surface area (Å²) in [4.78, 5) is 14.9. The minimum Gasteiger partial charge on any atom is -0.352 e. The molecule has 1 amide bonds. The Morgan fingerprint density at radius 3 is 2.28 bits per heavy atom. The van der Waals surface area contributed by atoms with Gasteiger partial charge in [0.15, 0.2) is 0 Å². The van der Waals surface area contributed by atoms with E-state index in [1.807, 2.05) is 0 Å². The van der Waals surface area contributed by atoms with E-state index in [9.17, 15) is 17.6 Å². The average molecular weight is 462 g/mol. The van der Waals surface area contributed by atoms with E-state index in [-0.39, 0.29) is 17.3 Å². The van der Waals surface area contributed by atoms with Gasteiger partial charge in [-0.25, -0.2) is 17.5 Å². The quantitative estimate of drug-likeness (QED) is 0.561. The molecule has 0 radical (unpaired) electrons. The number of nitrogens with one attached hydrogen (secondary N) is 2. The molecule has 3 rings (SSSR count). The number of benzene rings is 2.